The van der Waals surface area contributed by atoms with E-state index in [1.165, 1.54) is 10.9 Å². The van der Waals surface area contributed by atoms with E-state index in [9.17, 15) is 4.79 Å². The summed E-state index contributed by atoms with van der Waals surface area (Å²) in [5, 5.41) is 21.8. The fourth-order valence-corrected chi connectivity index (χ4v) is 1.67. The van der Waals surface area contributed by atoms with Crippen LogP contribution in [0.25, 0.3) is 11.3 Å². The van der Waals surface area contributed by atoms with Gasteiger partial charge in [-0.05, 0) is 12.1 Å². The molecule has 0 atom stereocenters. The van der Waals surface area contributed by atoms with Crippen LogP contribution in [0.15, 0.2) is 30.5 Å². The molecule has 2 aromatic rings. The van der Waals surface area contributed by atoms with Gasteiger partial charge in [-0.15, -0.1) is 0 Å². The number of aryl methyl sites for hydroxylation is 1. The Bertz CT molecular complexity index is 623. The SMILES string of the molecule is Cn1ncc(C(=O)O)c1-c1cccc(C#N)c1. The first-order valence-electron chi connectivity index (χ1n) is 4.89. The predicted octanol–water partition coefficient (Wildman–Crippen LogP) is 1.66. The van der Waals surface area contributed by atoms with Gasteiger partial charge in [-0.25, -0.2) is 4.79 Å². The molecule has 0 bridgehead atoms. The van der Waals surface area contributed by atoms with Crippen LogP contribution in [0.2, 0.25) is 0 Å². The lowest BCUT2D eigenvalue weighted by Gasteiger charge is -2.04. The van der Waals surface area contributed by atoms with Crippen LogP contribution in [0.1, 0.15) is 15.9 Å². The highest BCUT2D eigenvalue weighted by atomic mass is 16.4. The van der Waals surface area contributed by atoms with Gasteiger partial charge in [0, 0.05) is 12.6 Å². The minimum atomic E-state index is -1.03. The zero-order chi connectivity index (χ0) is 12.4. The Labute approximate surface area is 97.5 Å². The quantitative estimate of drug-likeness (QED) is 0.846. The summed E-state index contributed by atoms with van der Waals surface area (Å²) in [6.07, 6.45) is 1.30. The Hall–Kier alpha value is -2.61. The van der Waals surface area contributed by atoms with Gasteiger partial charge in [0.05, 0.1) is 23.5 Å². The van der Waals surface area contributed by atoms with Crippen molar-refractivity contribution in [1.82, 2.24) is 9.78 Å². The summed E-state index contributed by atoms with van der Waals surface area (Å²) in [6.45, 7) is 0. The third-order valence-electron chi connectivity index (χ3n) is 2.43. The van der Waals surface area contributed by atoms with Crippen molar-refractivity contribution in [1.29, 1.82) is 5.26 Å². The molecule has 0 aliphatic carbocycles. The maximum absolute atomic E-state index is 11.0. The average molecular weight is 227 g/mol. The van der Waals surface area contributed by atoms with Crippen molar-refractivity contribution in [2.75, 3.05) is 0 Å². The molecule has 0 saturated carbocycles. The molecule has 84 valence electrons. The summed E-state index contributed by atoms with van der Waals surface area (Å²) >= 11 is 0. The Kier molecular flexibility index (Phi) is 2.63. The Morgan fingerprint density at radius 1 is 1.53 bits per heavy atom. The first kappa shape index (κ1) is 10.9. The molecule has 0 aliphatic rings. The standard InChI is InChI=1S/C12H9N3O2/c1-15-11(10(7-14-15)12(16)17)9-4-2-3-8(5-9)6-13/h2-5,7H,1H3,(H,16,17). The zero-order valence-corrected chi connectivity index (χ0v) is 9.08. The minimum Gasteiger partial charge on any atom is -0.478 e. The number of carboxylic acid groups (broad SMARTS) is 1. The molecular weight excluding hydrogens is 218 g/mol. The molecule has 0 saturated heterocycles. The van der Waals surface area contributed by atoms with Crippen LogP contribution in [-0.2, 0) is 7.05 Å². The average Bonchev–Trinajstić information content (AvgIpc) is 2.71. The molecule has 0 radical (unpaired) electrons. The van der Waals surface area contributed by atoms with E-state index < -0.39 is 5.97 Å². The molecule has 1 aromatic carbocycles. The van der Waals surface area contributed by atoms with E-state index in [-0.39, 0.29) is 5.56 Å². The molecule has 0 unspecified atom stereocenters. The highest BCUT2D eigenvalue weighted by Crippen LogP contribution is 2.23. The fourth-order valence-electron chi connectivity index (χ4n) is 1.67. The summed E-state index contributed by atoms with van der Waals surface area (Å²) < 4.78 is 1.49. The molecule has 1 aromatic heterocycles. The van der Waals surface area contributed by atoms with Crippen LogP contribution in [0.5, 0.6) is 0 Å². The third-order valence-corrected chi connectivity index (χ3v) is 2.43. The van der Waals surface area contributed by atoms with Crippen molar-refractivity contribution >= 4 is 5.97 Å². The van der Waals surface area contributed by atoms with E-state index in [0.717, 1.165) is 0 Å². The number of aromatic nitrogens is 2. The number of benzene rings is 1. The number of nitrogens with zero attached hydrogens (tertiary/aromatic N) is 3. The molecule has 0 aliphatic heterocycles. The lowest BCUT2D eigenvalue weighted by molar-refractivity contribution is 0.0697. The van der Waals surface area contributed by atoms with Gasteiger partial charge in [0.1, 0.15) is 5.56 Å². The number of carboxylic acids is 1. The van der Waals surface area contributed by atoms with Gasteiger partial charge in [-0.3, -0.25) is 4.68 Å². The van der Waals surface area contributed by atoms with E-state index in [2.05, 4.69) is 5.10 Å². The van der Waals surface area contributed by atoms with E-state index in [0.29, 0.717) is 16.8 Å². The lowest BCUT2D eigenvalue weighted by Crippen LogP contribution is -2.00. The molecule has 2 rings (SSSR count). The minimum absolute atomic E-state index is 0.127. The Balaban J connectivity index is 2.64. The van der Waals surface area contributed by atoms with Crippen molar-refractivity contribution in [2.24, 2.45) is 7.05 Å². The summed E-state index contributed by atoms with van der Waals surface area (Å²) in [5.74, 6) is -1.03. The summed E-state index contributed by atoms with van der Waals surface area (Å²) in [7, 11) is 1.67. The second-order valence-electron chi connectivity index (χ2n) is 3.53. The van der Waals surface area contributed by atoms with Crippen molar-refractivity contribution < 1.29 is 9.90 Å². The van der Waals surface area contributed by atoms with Gasteiger partial charge in [0.15, 0.2) is 0 Å². The third kappa shape index (κ3) is 1.88. The molecule has 5 nitrogen and oxygen atoms in total. The van der Waals surface area contributed by atoms with Gasteiger partial charge in [-0.2, -0.15) is 10.4 Å². The summed E-state index contributed by atoms with van der Waals surface area (Å²) in [6, 6.07) is 8.80. The lowest BCUT2D eigenvalue weighted by atomic mass is 10.1. The van der Waals surface area contributed by atoms with Crippen molar-refractivity contribution in [3.8, 4) is 17.3 Å². The van der Waals surface area contributed by atoms with Gasteiger partial charge in [0.25, 0.3) is 0 Å². The number of rotatable bonds is 2. The number of nitriles is 1. The largest absolute Gasteiger partial charge is 0.478 e. The van der Waals surface area contributed by atoms with Gasteiger partial charge >= 0.3 is 5.97 Å². The molecular formula is C12H9N3O2. The van der Waals surface area contributed by atoms with Gasteiger partial charge in [-0.1, -0.05) is 12.1 Å². The first-order chi connectivity index (χ1) is 8.13. The smallest absolute Gasteiger partial charge is 0.339 e. The van der Waals surface area contributed by atoms with Crippen LogP contribution in [0, 0.1) is 11.3 Å². The van der Waals surface area contributed by atoms with Crippen molar-refractivity contribution in [3.63, 3.8) is 0 Å². The van der Waals surface area contributed by atoms with Gasteiger partial charge < -0.3 is 5.11 Å². The van der Waals surface area contributed by atoms with E-state index in [4.69, 9.17) is 10.4 Å². The Morgan fingerprint density at radius 3 is 2.94 bits per heavy atom. The van der Waals surface area contributed by atoms with Crippen LogP contribution < -0.4 is 0 Å². The monoisotopic (exact) mass is 227 g/mol. The van der Waals surface area contributed by atoms with Crippen LogP contribution >= 0.6 is 0 Å². The van der Waals surface area contributed by atoms with Crippen molar-refractivity contribution in [2.45, 2.75) is 0 Å². The molecule has 1 N–H and O–H groups in total. The van der Waals surface area contributed by atoms with Crippen molar-refractivity contribution in [3.05, 3.63) is 41.6 Å². The normalized spacial score (nSPS) is 9.88. The molecule has 17 heavy (non-hydrogen) atoms. The van der Waals surface area contributed by atoms with E-state index in [1.807, 2.05) is 6.07 Å². The molecule has 0 spiro atoms. The number of aromatic carboxylic acids is 1. The Morgan fingerprint density at radius 2 is 2.29 bits per heavy atom. The topological polar surface area (TPSA) is 78.9 Å². The number of hydrogen-bond acceptors (Lipinski definition) is 3. The second kappa shape index (κ2) is 4.10. The maximum atomic E-state index is 11.0. The maximum Gasteiger partial charge on any atom is 0.339 e. The first-order valence-corrected chi connectivity index (χ1v) is 4.89. The molecule has 1 heterocycles. The highest BCUT2D eigenvalue weighted by molar-refractivity contribution is 5.94. The van der Waals surface area contributed by atoms with Crippen LogP contribution in [-0.4, -0.2) is 20.9 Å². The molecule has 5 heteroatoms. The van der Waals surface area contributed by atoms with Gasteiger partial charge in [0.2, 0.25) is 0 Å². The van der Waals surface area contributed by atoms with Crippen LogP contribution in [0.4, 0.5) is 0 Å². The number of hydrogen-bond donors (Lipinski definition) is 1. The fraction of sp³-hybridized carbons (Fsp3) is 0.0833. The number of carbonyl (C=O) groups is 1. The summed E-state index contributed by atoms with van der Waals surface area (Å²) in [5.41, 5.74) is 1.78. The summed E-state index contributed by atoms with van der Waals surface area (Å²) in [4.78, 5) is 11.0. The molecule has 0 fully saturated rings. The van der Waals surface area contributed by atoms with E-state index in [1.54, 1.807) is 31.3 Å². The van der Waals surface area contributed by atoms with Crippen LogP contribution in [0.3, 0.4) is 0 Å². The highest BCUT2D eigenvalue weighted by Gasteiger charge is 2.16. The van der Waals surface area contributed by atoms with E-state index >= 15 is 0 Å². The predicted molar refractivity (Wildman–Crippen MR) is 60.3 cm³/mol. The second-order valence-corrected chi connectivity index (χ2v) is 3.53. The molecule has 0 amide bonds. The zero-order valence-electron chi connectivity index (χ0n) is 9.08.